The molecule has 0 bridgehead atoms. The predicted octanol–water partition coefficient (Wildman–Crippen LogP) is 4.43. The van der Waals surface area contributed by atoms with E-state index in [0.717, 1.165) is 40.3 Å². The number of fused-ring (bicyclic) bond motifs is 1. The lowest BCUT2D eigenvalue weighted by Gasteiger charge is -2.12. The number of carbonyl (C=O) groups is 1. The average molecular weight is 293 g/mol. The predicted molar refractivity (Wildman–Crippen MR) is 91.5 cm³/mol. The van der Waals surface area contributed by atoms with E-state index in [1.165, 1.54) is 5.56 Å². The molecule has 0 atom stereocenters. The molecule has 2 aromatic rings. The van der Waals surface area contributed by atoms with Crippen molar-refractivity contribution in [3.05, 3.63) is 65.4 Å². The van der Waals surface area contributed by atoms with E-state index >= 15 is 0 Å². The van der Waals surface area contributed by atoms with Gasteiger partial charge in [0, 0.05) is 29.2 Å². The molecule has 1 aliphatic heterocycles. The highest BCUT2D eigenvalue weighted by molar-refractivity contribution is 6.00. The molecule has 0 aliphatic carbocycles. The molecule has 0 aromatic heterocycles. The van der Waals surface area contributed by atoms with E-state index in [1.807, 2.05) is 50.2 Å². The van der Waals surface area contributed by atoms with Crippen molar-refractivity contribution in [2.24, 2.45) is 0 Å². The average Bonchev–Trinajstić information content (AvgIpc) is 2.83. The maximum absolute atomic E-state index is 12.1. The molecule has 0 fully saturated rings. The second kappa shape index (κ2) is 5.56. The largest absolute Gasteiger partial charge is 0.359 e. The number of amides is 2. The van der Waals surface area contributed by atoms with Gasteiger partial charge in [-0.2, -0.15) is 0 Å². The lowest BCUT2D eigenvalue weighted by Crippen LogP contribution is -2.20. The summed E-state index contributed by atoms with van der Waals surface area (Å²) in [6.45, 7) is 7.94. The van der Waals surface area contributed by atoms with Gasteiger partial charge in [0.05, 0.1) is 0 Å². The molecule has 0 saturated carbocycles. The molecule has 22 heavy (non-hydrogen) atoms. The van der Waals surface area contributed by atoms with Gasteiger partial charge in [-0.15, -0.1) is 0 Å². The fourth-order valence-corrected chi connectivity index (χ4v) is 2.56. The maximum Gasteiger partial charge on any atom is 0.323 e. The number of nitrogens with one attached hydrogen (secondary N) is 3. The van der Waals surface area contributed by atoms with Crippen molar-refractivity contribution >= 4 is 23.1 Å². The van der Waals surface area contributed by atoms with Crippen LogP contribution in [0.1, 0.15) is 16.7 Å². The summed E-state index contributed by atoms with van der Waals surface area (Å²) in [5.74, 6) is 0. The molecule has 0 unspecified atom stereocenters. The summed E-state index contributed by atoms with van der Waals surface area (Å²) in [6, 6.07) is 11.5. The number of allylic oxidation sites excluding steroid dienone is 1. The second-order valence-corrected chi connectivity index (χ2v) is 5.60. The summed E-state index contributed by atoms with van der Waals surface area (Å²) in [6.07, 6.45) is 0.838. The van der Waals surface area contributed by atoms with Crippen LogP contribution in [0, 0.1) is 13.8 Å². The van der Waals surface area contributed by atoms with Crippen LogP contribution < -0.4 is 16.0 Å². The molecule has 1 heterocycles. The fourth-order valence-electron chi connectivity index (χ4n) is 2.56. The summed E-state index contributed by atoms with van der Waals surface area (Å²) < 4.78 is 0. The van der Waals surface area contributed by atoms with E-state index in [1.54, 1.807) is 0 Å². The first kappa shape index (κ1) is 14.2. The Morgan fingerprint density at radius 1 is 1.18 bits per heavy atom. The van der Waals surface area contributed by atoms with Gasteiger partial charge in [0.2, 0.25) is 0 Å². The Morgan fingerprint density at radius 2 is 2.00 bits per heavy atom. The molecule has 2 aromatic carbocycles. The minimum Gasteiger partial charge on any atom is -0.359 e. The first-order valence-electron chi connectivity index (χ1n) is 7.25. The number of aryl methyl sites for hydroxylation is 1. The molecular formula is C18H19N3O. The van der Waals surface area contributed by atoms with Crippen molar-refractivity contribution in [1.29, 1.82) is 0 Å². The van der Waals surface area contributed by atoms with Gasteiger partial charge in [-0.25, -0.2) is 4.79 Å². The summed E-state index contributed by atoms with van der Waals surface area (Å²) in [5, 5.41) is 8.96. The monoisotopic (exact) mass is 293 g/mol. The first-order valence-corrected chi connectivity index (χ1v) is 7.25. The third-order valence-electron chi connectivity index (χ3n) is 3.94. The zero-order valence-corrected chi connectivity index (χ0v) is 12.8. The number of hydrogen-bond acceptors (Lipinski definition) is 2. The molecule has 0 radical (unpaired) electrons. The van der Waals surface area contributed by atoms with Crippen LogP contribution in [0.5, 0.6) is 0 Å². The summed E-state index contributed by atoms with van der Waals surface area (Å²) in [5.41, 5.74) is 6.99. The summed E-state index contributed by atoms with van der Waals surface area (Å²) >= 11 is 0. The van der Waals surface area contributed by atoms with Gasteiger partial charge < -0.3 is 16.0 Å². The van der Waals surface area contributed by atoms with Crippen LogP contribution in [0.25, 0.3) is 0 Å². The van der Waals surface area contributed by atoms with Crippen LogP contribution in [0.4, 0.5) is 21.9 Å². The quantitative estimate of drug-likeness (QED) is 0.767. The zero-order valence-electron chi connectivity index (χ0n) is 12.8. The molecule has 4 nitrogen and oxygen atoms in total. The zero-order chi connectivity index (χ0) is 15.7. The number of anilines is 3. The van der Waals surface area contributed by atoms with Crippen LogP contribution >= 0.6 is 0 Å². The Balaban J connectivity index is 1.71. The van der Waals surface area contributed by atoms with Crippen molar-refractivity contribution in [3.63, 3.8) is 0 Å². The number of rotatable bonds is 2. The van der Waals surface area contributed by atoms with Gasteiger partial charge in [0.1, 0.15) is 0 Å². The van der Waals surface area contributed by atoms with Gasteiger partial charge in [-0.1, -0.05) is 24.8 Å². The highest BCUT2D eigenvalue weighted by Crippen LogP contribution is 2.29. The Bertz CT molecular complexity index is 765. The Hall–Kier alpha value is -2.75. The second-order valence-electron chi connectivity index (χ2n) is 5.60. The molecule has 3 rings (SSSR count). The van der Waals surface area contributed by atoms with E-state index in [0.29, 0.717) is 0 Å². The van der Waals surface area contributed by atoms with Crippen LogP contribution in [-0.2, 0) is 6.42 Å². The standard InChI is InChI=1S/C18H19N3O/c1-11-5-4-6-16(13(11)3)21-18(22)20-15-8-7-14-9-12(2)19-17(14)10-15/h4-8,10,19H,2,9H2,1,3H3,(H2,20,21,22). The van der Waals surface area contributed by atoms with Gasteiger partial charge in [-0.05, 0) is 48.7 Å². The van der Waals surface area contributed by atoms with E-state index in [4.69, 9.17) is 0 Å². The number of hydrogen-bond donors (Lipinski definition) is 3. The highest BCUT2D eigenvalue weighted by Gasteiger charge is 2.14. The van der Waals surface area contributed by atoms with Gasteiger partial charge in [0.25, 0.3) is 0 Å². The highest BCUT2D eigenvalue weighted by atomic mass is 16.2. The summed E-state index contributed by atoms with van der Waals surface area (Å²) in [7, 11) is 0. The third kappa shape index (κ3) is 2.81. The fraction of sp³-hybridized carbons (Fsp3) is 0.167. The lowest BCUT2D eigenvalue weighted by atomic mass is 10.1. The van der Waals surface area contributed by atoms with E-state index in [2.05, 4.69) is 22.5 Å². The topological polar surface area (TPSA) is 53.2 Å². The molecule has 2 amide bonds. The van der Waals surface area contributed by atoms with Gasteiger partial charge in [0.15, 0.2) is 0 Å². The van der Waals surface area contributed by atoms with Crippen molar-refractivity contribution < 1.29 is 4.79 Å². The van der Waals surface area contributed by atoms with Crippen molar-refractivity contribution in [1.82, 2.24) is 0 Å². The minimum absolute atomic E-state index is 0.245. The molecule has 3 N–H and O–H groups in total. The van der Waals surface area contributed by atoms with Gasteiger partial charge in [-0.3, -0.25) is 0 Å². The molecule has 0 saturated heterocycles. The number of benzene rings is 2. The molecular weight excluding hydrogens is 274 g/mol. The third-order valence-corrected chi connectivity index (χ3v) is 3.94. The van der Waals surface area contributed by atoms with E-state index in [9.17, 15) is 4.79 Å². The number of urea groups is 1. The SMILES string of the molecule is C=C1Cc2ccc(NC(=O)Nc3cccc(C)c3C)cc2N1. The van der Waals surface area contributed by atoms with Gasteiger partial charge >= 0.3 is 6.03 Å². The van der Waals surface area contributed by atoms with E-state index in [-0.39, 0.29) is 6.03 Å². The van der Waals surface area contributed by atoms with Crippen molar-refractivity contribution in [2.75, 3.05) is 16.0 Å². The smallest absolute Gasteiger partial charge is 0.323 e. The molecule has 4 heteroatoms. The van der Waals surface area contributed by atoms with Crippen molar-refractivity contribution in [2.45, 2.75) is 20.3 Å². The maximum atomic E-state index is 12.1. The molecule has 0 spiro atoms. The molecule has 112 valence electrons. The Labute approximate surface area is 130 Å². The Morgan fingerprint density at radius 3 is 2.82 bits per heavy atom. The van der Waals surface area contributed by atoms with E-state index < -0.39 is 0 Å². The molecule has 1 aliphatic rings. The minimum atomic E-state index is -0.245. The Kier molecular flexibility index (Phi) is 3.59. The first-order chi connectivity index (χ1) is 10.5. The number of carbonyl (C=O) groups excluding carboxylic acids is 1. The van der Waals surface area contributed by atoms with Crippen LogP contribution in [0.15, 0.2) is 48.7 Å². The van der Waals surface area contributed by atoms with Crippen molar-refractivity contribution in [3.8, 4) is 0 Å². The normalized spacial score (nSPS) is 12.5. The lowest BCUT2D eigenvalue weighted by molar-refractivity contribution is 0.262. The van der Waals surface area contributed by atoms with Crippen LogP contribution in [0.3, 0.4) is 0 Å². The summed E-state index contributed by atoms with van der Waals surface area (Å²) in [4.78, 5) is 12.1. The van der Waals surface area contributed by atoms with Crippen LogP contribution in [0.2, 0.25) is 0 Å². The van der Waals surface area contributed by atoms with Crippen LogP contribution in [-0.4, -0.2) is 6.03 Å².